The van der Waals surface area contributed by atoms with Crippen molar-refractivity contribution in [2.75, 3.05) is 0 Å². The standard InChI is InChI=1S/C23H21N/c1-17(2)23-22(18-11-5-3-6-12-18)20-15-9-10-16-21(20)24(23)19-13-7-4-8-14-19/h3-17H,1-2H3. The average Bonchev–Trinajstić information content (AvgIpc) is 2.98. The molecule has 0 atom stereocenters. The molecular weight excluding hydrogens is 290 g/mol. The number of hydrogen-bond acceptors (Lipinski definition) is 0. The third-order valence-corrected chi connectivity index (χ3v) is 4.54. The molecule has 1 aromatic heterocycles. The molecule has 0 N–H and O–H groups in total. The summed E-state index contributed by atoms with van der Waals surface area (Å²) in [7, 11) is 0. The van der Waals surface area contributed by atoms with Crippen LogP contribution in [0.3, 0.4) is 0 Å². The van der Waals surface area contributed by atoms with Crippen LogP contribution in [0.25, 0.3) is 27.7 Å². The molecule has 1 heteroatoms. The Balaban J connectivity index is 2.15. The number of rotatable bonds is 3. The fourth-order valence-electron chi connectivity index (χ4n) is 3.57. The number of nitrogens with zero attached hydrogens (tertiary/aromatic N) is 1. The Morgan fingerprint density at radius 2 is 1.25 bits per heavy atom. The summed E-state index contributed by atoms with van der Waals surface area (Å²) in [6, 6.07) is 30.1. The van der Waals surface area contributed by atoms with Crippen LogP contribution < -0.4 is 0 Å². The van der Waals surface area contributed by atoms with E-state index >= 15 is 0 Å². The van der Waals surface area contributed by atoms with Gasteiger partial charge in [0.2, 0.25) is 0 Å². The summed E-state index contributed by atoms with van der Waals surface area (Å²) in [5, 5.41) is 1.32. The molecule has 0 aliphatic heterocycles. The first kappa shape index (κ1) is 14.8. The van der Waals surface area contributed by atoms with E-state index in [-0.39, 0.29) is 0 Å². The Bertz CT molecular complexity index is 887. The van der Waals surface area contributed by atoms with E-state index in [0.717, 1.165) is 0 Å². The van der Waals surface area contributed by atoms with Crippen molar-refractivity contribution in [3.63, 3.8) is 0 Å². The first-order valence-electron chi connectivity index (χ1n) is 8.51. The van der Waals surface area contributed by atoms with Crippen molar-refractivity contribution in [2.24, 2.45) is 0 Å². The van der Waals surface area contributed by atoms with Crippen LogP contribution in [-0.2, 0) is 0 Å². The van der Waals surface area contributed by atoms with Crippen LogP contribution in [-0.4, -0.2) is 4.57 Å². The SMILES string of the molecule is CC(C)c1c(-c2ccccc2)c2ccccc2n1-c1ccccc1. The number of aromatic nitrogens is 1. The minimum atomic E-state index is 0.424. The van der Waals surface area contributed by atoms with E-state index in [2.05, 4.69) is 103 Å². The smallest absolute Gasteiger partial charge is 0.0538 e. The maximum absolute atomic E-state index is 2.42. The first-order valence-corrected chi connectivity index (χ1v) is 8.51. The Labute approximate surface area is 143 Å². The van der Waals surface area contributed by atoms with E-state index in [1.807, 2.05) is 0 Å². The van der Waals surface area contributed by atoms with Gasteiger partial charge in [-0.1, -0.05) is 80.6 Å². The molecule has 4 aromatic rings. The summed E-state index contributed by atoms with van der Waals surface area (Å²) >= 11 is 0. The molecule has 0 fully saturated rings. The molecule has 0 bridgehead atoms. The topological polar surface area (TPSA) is 4.93 Å². The predicted octanol–water partition coefficient (Wildman–Crippen LogP) is 6.42. The van der Waals surface area contributed by atoms with Crippen molar-refractivity contribution in [3.05, 3.63) is 90.6 Å². The molecule has 0 spiro atoms. The lowest BCUT2D eigenvalue weighted by molar-refractivity contribution is 0.798. The average molecular weight is 311 g/mol. The van der Waals surface area contributed by atoms with Crippen molar-refractivity contribution >= 4 is 10.9 Å². The zero-order valence-corrected chi connectivity index (χ0v) is 14.1. The van der Waals surface area contributed by atoms with Crippen LogP contribution in [0.1, 0.15) is 25.5 Å². The zero-order valence-electron chi connectivity index (χ0n) is 14.1. The van der Waals surface area contributed by atoms with Gasteiger partial charge in [-0.15, -0.1) is 0 Å². The molecule has 0 aliphatic carbocycles. The van der Waals surface area contributed by atoms with Gasteiger partial charge in [0.05, 0.1) is 5.52 Å². The molecule has 0 radical (unpaired) electrons. The summed E-state index contributed by atoms with van der Waals surface area (Å²) in [5.41, 5.74) is 6.50. The molecule has 1 heterocycles. The highest BCUT2D eigenvalue weighted by atomic mass is 15.0. The third kappa shape index (κ3) is 2.33. The summed E-state index contributed by atoms with van der Waals surface area (Å²) in [6.07, 6.45) is 0. The van der Waals surface area contributed by atoms with Crippen molar-refractivity contribution in [1.29, 1.82) is 0 Å². The van der Waals surface area contributed by atoms with E-state index < -0.39 is 0 Å². The van der Waals surface area contributed by atoms with Gasteiger partial charge in [0.1, 0.15) is 0 Å². The van der Waals surface area contributed by atoms with Crippen molar-refractivity contribution < 1.29 is 0 Å². The summed E-state index contributed by atoms with van der Waals surface area (Å²) in [6.45, 7) is 4.56. The number of benzene rings is 3. The molecule has 0 amide bonds. The second kappa shape index (κ2) is 6.01. The first-order chi connectivity index (χ1) is 11.8. The van der Waals surface area contributed by atoms with E-state index in [1.165, 1.54) is 33.4 Å². The predicted molar refractivity (Wildman–Crippen MR) is 103 cm³/mol. The fraction of sp³-hybridized carbons (Fsp3) is 0.130. The van der Waals surface area contributed by atoms with Gasteiger partial charge < -0.3 is 4.57 Å². The van der Waals surface area contributed by atoms with Crippen LogP contribution in [0.2, 0.25) is 0 Å². The minimum Gasteiger partial charge on any atom is -0.313 e. The highest BCUT2D eigenvalue weighted by Crippen LogP contribution is 2.40. The highest BCUT2D eigenvalue weighted by molar-refractivity contribution is 5.99. The molecule has 118 valence electrons. The Kier molecular flexibility index (Phi) is 3.70. The Morgan fingerprint density at radius 3 is 1.92 bits per heavy atom. The lowest BCUT2D eigenvalue weighted by Gasteiger charge is -2.15. The van der Waals surface area contributed by atoms with Gasteiger partial charge in [-0.05, 0) is 29.7 Å². The minimum absolute atomic E-state index is 0.424. The lowest BCUT2D eigenvalue weighted by Crippen LogP contribution is -2.02. The summed E-state index contributed by atoms with van der Waals surface area (Å²) in [4.78, 5) is 0. The third-order valence-electron chi connectivity index (χ3n) is 4.54. The van der Waals surface area contributed by atoms with E-state index in [0.29, 0.717) is 5.92 Å². The molecule has 0 saturated carbocycles. The van der Waals surface area contributed by atoms with Crippen LogP contribution in [0.4, 0.5) is 0 Å². The maximum atomic E-state index is 2.42. The molecule has 0 unspecified atom stereocenters. The van der Waals surface area contributed by atoms with Crippen molar-refractivity contribution in [3.8, 4) is 16.8 Å². The van der Waals surface area contributed by atoms with E-state index in [4.69, 9.17) is 0 Å². The molecule has 0 saturated heterocycles. The van der Waals surface area contributed by atoms with E-state index in [9.17, 15) is 0 Å². The molecule has 0 aliphatic rings. The monoisotopic (exact) mass is 311 g/mol. The lowest BCUT2D eigenvalue weighted by atomic mass is 9.97. The summed E-state index contributed by atoms with van der Waals surface area (Å²) < 4.78 is 2.42. The van der Waals surface area contributed by atoms with Gasteiger partial charge in [0.25, 0.3) is 0 Å². The normalized spacial score (nSPS) is 11.3. The van der Waals surface area contributed by atoms with E-state index in [1.54, 1.807) is 0 Å². The largest absolute Gasteiger partial charge is 0.313 e. The van der Waals surface area contributed by atoms with Gasteiger partial charge in [-0.2, -0.15) is 0 Å². The number of fused-ring (bicyclic) bond motifs is 1. The summed E-state index contributed by atoms with van der Waals surface area (Å²) in [5.74, 6) is 0.424. The second-order valence-electron chi connectivity index (χ2n) is 6.47. The molecule has 1 nitrogen and oxygen atoms in total. The molecule has 24 heavy (non-hydrogen) atoms. The highest BCUT2D eigenvalue weighted by Gasteiger charge is 2.21. The number of para-hydroxylation sites is 2. The van der Waals surface area contributed by atoms with Crippen LogP contribution in [0.15, 0.2) is 84.9 Å². The van der Waals surface area contributed by atoms with Crippen molar-refractivity contribution in [2.45, 2.75) is 19.8 Å². The number of hydrogen-bond donors (Lipinski definition) is 0. The van der Waals surface area contributed by atoms with Gasteiger partial charge in [-0.25, -0.2) is 0 Å². The van der Waals surface area contributed by atoms with Crippen LogP contribution in [0, 0.1) is 0 Å². The Morgan fingerprint density at radius 1 is 0.667 bits per heavy atom. The fourth-order valence-corrected chi connectivity index (χ4v) is 3.57. The van der Waals surface area contributed by atoms with Gasteiger partial charge in [0.15, 0.2) is 0 Å². The van der Waals surface area contributed by atoms with Crippen molar-refractivity contribution in [1.82, 2.24) is 4.57 Å². The van der Waals surface area contributed by atoms with Crippen LogP contribution >= 0.6 is 0 Å². The zero-order chi connectivity index (χ0) is 16.5. The molecule has 3 aromatic carbocycles. The quantitative estimate of drug-likeness (QED) is 0.411. The van der Waals surface area contributed by atoms with Gasteiger partial charge in [-0.3, -0.25) is 0 Å². The van der Waals surface area contributed by atoms with Gasteiger partial charge >= 0.3 is 0 Å². The Hall–Kier alpha value is -2.80. The van der Waals surface area contributed by atoms with Gasteiger partial charge in [0, 0.05) is 22.3 Å². The molecule has 4 rings (SSSR count). The second-order valence-corrected chi connectivity index (χ2v) is 6.47. The maximum Gasteiger partial charge on any atom is 0.0538 e. The molecular formula is C23H21N. The van der Waals surface area contributed by atoms with Crippen LogP contribution in [0.5, 0.6) is 0 Å².